The summed E-state index contributed by atoms with van der Waals surface area (Å²) >= 11 is 3.18. The maximum absolute atomic E-state index is 11.4. The summed E-state index contributed by atoms with van der Waals surface area (Å²) in [6, 6.07) is 10.7. The number of carbonyl (C=O) groups excluding carboxylic acids is 1. The number of anilines is 1. The molecule has 1 aromatic heterocycles. The number of hydrogen-bond donors (Lipinski definition) is 1. The molecule has 0 fully saturated rings. The van der Waals surface area contributed by atoms with Gasteiger partial charge in [0.05, 0.1) is 0 Å². The van der Waals surface area contributed by atoms with Gasteiger partial charge in [-0.3, -0.25) is 5.32 Å². The van der Waals surface area contributed by atoms with Gasteiger partial charge in [-0.1, -0.05) is 15.9 Å². The predicted octanol–water partition coefficient (Wildman–Crippen LogP) is 0.240. The van der Waals surface area contributed by atoms with Crippen molar-refractivity contribution in [1.82, 2.24) is 0 Å². The molecule has 1 amide bonds. The van der Waals surface area contributed by atoms with Crippen molar-refractivity contribution in [3.8, 4) is 11.5 Å². The molecule has 5 nitrogen and oxygen atoms in total. The highest BCUT2D eigenvalue weighted by atomic mass is 79.9. The van der Waals surface area contributed by atoms with E-state index >= 15 is 0 Å². The van der Waals surface area contributed by atoms with Gasteiger partial charge in [0.15, 0.2) is 11.9 Å². The van der Waals surface area contributed by atoms with Crippen LogP contribution in [-0.2, 0) is 4.74 Å². The number of pyridine rings is 1. The number of hydrogen-bond acceptors (Lipinski definition) is 3. The first-order valence-electron chi connectivity index (χ1n) is 6.02. The lowest BCUT2D eigenvalue weighted by atomic mass is 10.3. The number of nitrogens with one attached hydrogen (secondary N) is 2. The highest BCUT2D eigenvalue weighted by Gasteiger charge is 2.03. The molecule has 2 N–H and O–H groups in total. The maximum Gasteiger partial charge on any atom is 0.411 e. The number of ether oxygens (including phenoxy) is 2. The number of amides is 1. The van der Waals surface area contributed by atoms with Crippen molar-refractivity contribution in [2.24, 2.45) is 0 Å². The second-order valence-corrected chi connectivity index (χ2v) is 4.61. The van der Waals surface area contributed by atoms with Crippen LogP contribution in [0.4, 0.5) is 10.5 Å². The van der Waals surface area contributed by atoms with Gasteiger partial charge in [0, 0.05) is 17.1 Å². The van der Waals surface area contributed by atoms with Crippen molar-refractivity contribution < 1.29 is 31.7 Å². The highest BCUT2D eigenvalue weighted by molar-refractivity contribution is 9.09. The van der Waals surface area contributed by atoms with E-state index in [4.69, 9.17) is 9.47 Å². The summed E-state index contributed by atoms with van der Waals surface area (Å²) in [5, 5.41) is 3.24. The summed E-state index contributed by atoms with van der Waals surface area (Å²) in [6.45, 7) is 0.331. The number of aromatic nitrogens is 1. The Bertz CT molecular complexity index is 552. The molecule has 0 aliphatic rings. The smallest absolute Gasteiger partial charge is 0.411 e. The Morgan fingerprint density at radius 2 is 1.95 bits per heavy atom. The minimum atomic E-state index is -0.476. The fourth-order valence-corrected chi connectivity index (χ4v) is 1.63. The van der Waals surface area contributed by atoms with Gasteiger partial charge in [-0.05, 0) is 30.3 Å². The molecule has 7 heteroatoms. The second kappa shape index (κ2) is 9.20. The average molecular weight is 374 g/mol. The maximum atomic E-state index is 11.4. The fraction of sp³-hybridized carbons (Fsp3) is 0.143. The number of benzene rings is 1. The standard InChI is InChI=1S/C14H13BrN2O3.ClH/c15-7-9-19-14(18)17-11-3-5-12(6-4-11)20-13-2-1-8-16-10-13;/h1-6,8,10H,7,9H2,(H,17,18);1H. The Labute approximate surface area is 137 Å². The summed E-state index contributed by atoms with van der Waals surface area (Å²) in [5.41, 5.74) is 0.650. The van der Waals surface area contributed by atoms with E-state index in [0.29, 0.717) is 29.1 Å². The van der Waals surface area contributed by atoms with Crippen LogP contribution in [0.2, 0.25) is 0 Å². The molecule has 2 rings (SSSR count). The molecule has 0 bridgehead atoms. The Kier molecular flexibility index (Phi) is 7.56. The molecule has 0 aliphatic carbocycles. The van der Waals surface area contributed by atoms with Gasteiger partial charge in [-0.15, -0.1) is 0 Å². The van der Waals surface area contributed by atoms with E-state index in [1.165, 1.54) is 0 Å². The first kappa shape index (κ1) is 17.3. The first-order valence-corrected chi connectivity index (χ1v) is 7.14. The van der Waals surface area contributed by atoms with Crippen LogP contribution in [0.3, 0.4) is 0 Å². The summed E-state index contributed by atoms with van der Waals surface area (Å²) in [4.78, 5) is 14.3. The Morgan fingerprint density at radius 1 is 1.19 bits per heavy atom. The number of H-pyrrole nitrogens is 1. The molecule has 21 heavy (non-hydrogen) atoms. The Balaban J connectivity index is 0.00000220. The lowest BCUT2D eigenvalue weighted by Crippen LogP contribution is -3.00. The molecular weight excluding hydrogens is 360 g/mol. The van der Waals surface area contributed by atoms with Gasteiger partial charge in [0.25, 0.3) is 0 Å². The zero-order valence-corrected chi connectivity index (χ0v) is 13.4. The van der Waals surface area contributed by atoms with Crippen LogP contribution in [0.15, 0.2) is 48.8 Å². The van der Waals surface area contributed by atoms with E-state index in [2.05, 4.69) is 26.2 Å². The third kappa shape index (κ3) is 6.01. The van der Waals surface area contributed by atoms with Gasteiger partial charge in [0.2, 0.25) is 6.20 Å². The van der Waals surface area contributed by atoms with E-state index in [1.54, 1.807) is 36.7 Å². The summed E-state index contributed by atoms with van der Waals surface area (Å²) in [7, 11) is 0. The molecule has 0 aliphatic heterocycles. The lowest BCUT2D eigenvalue weighted by Gasteiger charge is -2.07. The summed E-state index contributed by atoms with van der Waals surface area (Å²) in [5.74, 6) is 1.40. The zero-order valence-electron chi connectivity index (χ0n) is 11.0. The fourth-order valence-electron chi connectivity index (χ4n) is 1.47. The molecule has 1 aromatic carbocycles. The lowest BCUT2D eigenvalue weighted by molar-refractivity contribution is -0.378. The van der Waals surface area contributed by atoms with E-state index in [1.807, 2.05) is 12.1 Å². The van der Waals surface area contributed by atoms with Crippen molar-refractivity contribution in [2.45, 2.75) is 0 Å². The number of rotatable bonds is 5. The molecule has 0 saturated heterocycles. The van der Waals surface area contributed by atoms with Crippen LogP contribution in [-0.4, -0.2) is 18.0 Å². The Morgan fingerprint density at radius 3 is 2.57 bits per heavy atom. The zero-order chi connectivity index (χ0) is 14.2. The highest BCUT2D eigenvalue weighted by Crippen LogP contribution is 2.21. The van der Waals surface area contributed by atoms with Crippen LogP contribution in [0.1, 0.15) is 0 Å². The number of carbonyl (C=O) groups is 1. The molecule has 0 saturated carbocycles. The van der Waals surface area contributed by atoms with E-state index < -0.39 is 6.09 Å². The van der Waals surface area contributed by atoms with Crippen LogP contribution < -0.4 is 27.4 Å². The third-order valence-corrected chi connectivity index (χ3v) is 2.65. The Hall–Kier alpha value is -1.79. The molecule has 2 aromatic rings. The van der Waals surface area contributed by atoms with Crippen LogP contribution in [0.5, 0.6) is 11.5 Å². The third-order valence-electron chi connectivity index (χ3n) is 2.33. The SMILES string of the molecule is O=C(Nc1ccc(Oc2ccc[nH+]c2)cc1)OCCBr.[Cl-]. The number of alkyl halides is 1. The minimum absolute atomic E-state index is 0. The summed E-state index contributed by atoms with van der Waals surface area (Å²) in [6.07, 6.45) is 3.08. The first-order chi connectivity index (χ1) is 9.78. The van der Waals surface area contributed by atoms with Crippen LogP contribution >= 0.6 is 15.9 Å². The number of halogens is 2. The molecule has 1 heterocycles. The van der Waals surface area contributed by atoms with Gasteiger partial charge in [-0.25, -0.2) is 9.78 Å². The van der Waals surface area contributed by atoms with Crippen molar-refractivity contribution in [3.63, 3.8) is 0 Å². The molecule has 0 radical (unpaired) electrons. The second-order valence-electron chi connectivity index (χ2n) is 3.82. The quantitative estimate of drug-likeness (QED) is 0.764. The van der Waals surface area contributed by atoms with Crippen molar-refractivity contribution >= 4 is 27.7 Å². The van der Waals surface area contributed by atoms with Crippen molar-refractivity contribution in [1.29, 1.82) is 0 Å². The van der Waals surface area contributed by atoms with Gasteiger partial charge >= 0.3 is 6.09 Å². The molecule has 0 spiro atoms. The van der Waals surface area contributed by atoms with Gasteiger partial charge in [-0.2, -0.15) is 0 Å². The number of aromatic amines is 1. The molecule has 112 valence electrons. The van der Waals surface area contributed by atoms with E-state index in [9.17, 15) is 4.79 Å². The van der Waals surface area contributed by atoms with Crippen LogP contribution in [0, 0.1) is 0 Å². The van der Waals surface area contributed by atoms with E-state index in [0.717, 1.165) is 0 Å². The molecule has 0 unspecified atom stereocenters. The van der Waals surface area contributed by atoms with E-state index in [-0.39, 0.29) is 12.4 Å². The monoisotopic (exact) mass is 372 g/mol. The summed E-state index contributed by atoms with van der Waals surface area (Å²) < 4.78 is 10.5. The van der Waals surface area contributed by atoms with Gasteiger partial charge < -0.3 is 21.9 Å². The van der Waals surface area contributed by atoms with Crippen molar-refractivity contribution in [3.05, 3.63) is 48.8 Å². The topological polar surface area (TPSA) is 61.7 Å². The predicted molar refractivity (Wildman–Crippen MR) is 78.3 cm³/mol. The molecular formula is C14H14BrClN2O3. The van der Waals surface area contributed by atoms with Crippen molar-refractivity contribution in [2.75, 3.05) is 17.3 Å². The average Bonchev–Trinajstić information content (AvgIpc) is 2.48. The minimum Gasteiger partial charge on any atom is -1.00 e. The largest absolute Gasteiger partial charge is 1.00 e. The van der Waals surface area contributed by atoms with Gasteiger partial charge in [0.1, 0.15) is 12.4 Å². The normalized spacial score (nSPS) is 9.38. The van der Waals surface area contributed by atoms with Crippen LogP contribution in [0.25, 0.3) is 0 Å². The molecule has 0 atom stereocenters.